The quantitative estimate of drug-likeness (QED) is 0.636. The van der Waals surface area contributed by atoms with Crippen LogP contribution in [0.2, 0.25) is 0 Å². The van der Waals surface area contributed by atoms with Gasteiger partial charge in [-0.15, -0.1) is 0 Å². The van der Waals surface area contributed by atoms with Crippen molar-refractivity contribution in [3.05, 3.63) is 80.9 Å². The number of carbonyl (C=O) groups excluding carboxylic acids is 1. The highest BCUT2D eigenvalue weighted by Gasteiger charge is 2.12. The summed E-state index contributed by atoms with van der Waals surface area (Å²) in [6, 6.07) is 8.56. The minimum absolute atomic E-state index is 0.0595. The van der Waals surface area contributed by atoms with Crippen molar-refractivity contribution < 1.29 is 4.79 Å². The lowest BCUT2D eigenvalue weighted by molar-refractivity contribution is 0.0951. The number of nitrogens with zero attached hydrogens (tertiary/aromatic N) is 3. The Labute approximate surface area is 154 Å². The Morgan fingerprint density at radius 2 is 2.04 bits per heavy atom. The summed E-state index contributed by atoms with van der Waals surface area (Å²) in [6.07, 6.45) is 5.01. The third-order valence-electron chi connectivity index (χ3n) is 4.09. The van der Waals surface area contributed by atoms with Crippen molar-refractivity contribution in [1.82, 2.24) is 24.8 Å². The van der Waals surface area contributed by atoms with Gasteiger partial charge in [-0.3, -0.25) is 19.4 Å². The molecule has 0 radical (unpaired) electrons. The van der Waals surface area contributed by atoms with Crippen LogP contribution in [-0.4, -0.2) is 32.0 Å². The lowest BCUT2D eigenvalue weighted by atomic mass is 10.2. The first-order chi connectivity index (χ1) is 13.1. The van der Waals surface area contributed by atoms with Crippen LogP contribution < -0.4 is 16.4 Å². The molecule has 0 bridgehead atoms. The van der Waals surface area contributed by atoms with E-state index in [4.69, 9.17) is 0 Å². The second kappa shape index (κ2) is 8.22. The van der Waals surface area contributed by atoms with E-state index in [1.54, 1.807) is 35.2 Å². The van der Waals surface area contributed by atoms with Crippen LogP contribution in [0.15, 0.2) is 58.5 Å². The molecule has 3 heterocycles. The summed E-state index contributed by atoms with van der Waals surface area (Å²) in [4.78, 5) is 46.9. The molecule has 27 heavy (non-hydrogen) atoms. The summed E-state index contributed by atoms with van der Waals surface area (Å²) >= 11 is 0. The molecule has 3 aromatic heterocycles. The lowest BCUT2D eigenvalue weighted by Gasteiger charge is -2.09. The van der Waals surface area contributed by atoms with Crippen LogP contribution >= 0.6 is 0 Å². The highest BCUT2D eigenvalue weighted by atomic mass is 16.2. The maximum Gasteiger partial charge on any atom is 0.264 e. The fourth-order valence-electron chi connectivity index (χ4n) is 2.65. The van der Waals surface area contributed by atoms with Crippen LogP contribution in [0.1, 0.15) is 22.5 Å². The molecule has 0 aliphatic carbocycles. The highest BCUT2D eigenvalue weighted by molar-refractivity contribution is 5.93. The first-order valence-corrected chi connectivity index (χ1v) is 8.50. The molecule has 0 aromatic carbocycles. The molecule has 1 amide bonds. The van der Waals surface area contributed by atoms with Crippen molar-refractivity contribution in [1.29, 1.82) is 0 Å². The number of rotatable bonds is 6. The van der Waals surface area contributed by atoms with Crippen LogP contribution in [0.4, 0.5) is 0 Å². The Morgan fingerprint density at radius 3 is 2.74 bits per heavy atom. The molecule has 0 aliphatic rings. The van der Waals surface area contributed by atoms with Crippen LogP contribution in [-0.2, 0) is 6.54 Å². The van der Waals surface area contributed by atoms with Crippen molar-refractivity contribution in [2.45, 2.75) is 19.9 Å². The second-order valence-corrected chi connectivity index (χ2v) is 5.98. The first kappa shape index (κ1) is 18.2. The molecule has 138 valence electrons. The number of H-pyrrole nitrogens is 1. The average molecular weight is 365 g/mol. The van der Waals surface area contributed by atoms with E-state index in [9.17, 15) is 14.4 Å². The van der Waals surface area contributed by atoms with Gasteiger partial charge in [0.25, 0.3) is 17.0 Å². The zero-order valence-electron chi connectivity index (χ0n) is 14.8. The van der Waals surface area contributed by atoms with Gasteiger partial charge in [-0.1, -0.05) is 6.07 Å². The summed E-state index contributed by atoms with van der Waals surface area (Å²) in [5.41, 5.74) is 0.867. The molecule has 8 nitrogen and oxygen atoms in total. The summed E-state index contributed by atoms with van der Waals surface area (Å²) in [7, 11) is 0. The number of pyridine rings is 2. The molecule has 0 unspecified atom stereocenters. The predicted molar refractivity (Wildman–Crippen MR) is 100 cm³/mol. The molecule has 0 aliphatic heterocycles. The van der Waals surface area contributed by atoms with E-state index in [1.165, 1.54) is 12.3 Å². The number of nitrogens with one attached hydrogen (secondary N) is 2. The number of hydrogen-bond acceptors (Lipinski definition) is 5. The van der Waals surface area contributed by atoms with E-state index in [1.807, 2.05) is 13.0 Å². The zero-order valence-corrected chi connectivity index (χ0v) is 14.8. The van der Waals surface area contributed by atoms with Crippen LogP contribution in [0.5, 0.6) is 0 Å². The Bertz CT molecular complexity index is 1060. The van der Waals surface area contributed by atoms with E-state index in [-0.39, 0.29) is 11.1 Å². The van der Waals surface area contributed by atoms with Gasteiger partial charge in [0.15, 0.2) is 0 Å². The Morgan fingerprint density at radius 1 is 1.19 bits per heavy atom. The van der Waals surface area contributed by atoms with Crippen LogP contribution in [0.3, 0.4) is 0 Å². The SMILES string of the molecule is Cc1cccc(=O)n1CCCNC(=O)c1cnc(-c2cccnc2)[nH]c1=O. The van der Waals surface area contributed by atoms with Gasteiger partial charge in [-0.25, -0.2) is 4.98 Å². The Hall–Kier alpha value is -3.55. The van der Waals surface area contributed by atoms with Gasteiger partial charge in [-0.05, 0) is 31.5 Å². The van der Waals surface area contributed by atoms with Crippen molar-refractivity contribution in [2.24, 2.45) is 0 Å². The third kappa shape index (κ3) is 4.35. The summed E-state index contributed by atoms with van der Waals surface area (Å²) < 4.78 is 1.64. The van der Waals surface area contributed by atoms with Gasteiger partial charge in [0.2, 0.25) is 0 Å². The monoisotopic (exact) mass is 365 g/mol. The highest BCUT2D eigenvalue weighted by Crippen LogP contribution is 2.10. The Kier molecular flexibility index (Phi) is 5.55. The van der Waals surface area contributed by atoms with Crippen LogP contribution in [0.25, 0.3) is 11.4 Å². The molecule has 8 heteroatoms. The number of aryl methyl sites for hydroxylation is 1. The summed E-state index contributed by atoms with van der Waals surface area (Å²) in [6.45, 7) is 2.68. The van der Waals surface area contributed by atoms with Crippen molar-refractivity contribution in [3.63, 3.8) is 0 Å². The number of amides is 1. The molecule has 0 saturated carbocycles. The molecule has 3 aromatic rings. The smallest absolute Gasteiger partial charge is 0.264 e. The van der Waals surface area contributed by atoms with Gasteiger partial charge in [0.1, 0.15) is 11.4 Å². The van der Waals surface area contributed by atoms with Crippen LogP contribution in [0, 0.1) is 6.92 Å². The second-order valence-electron chi connectivity index (χ2n) is 5.98. The summed E-state index contributed by atoms with van der Waals surface area (Å²) in [5, 5.41) is 2.68. The van der Waals surface area contributed by atoms with E-state index >= 15 is 0 Å². The minimum atomic E-state index is -0.517. The average Bonchev–Trinajstić information content (AvgIpc) is 2.67. The molecule has 0 saturated heterocycles. The predicted octanol–water partition coefficient (Wildman–Crippen LogP) is 1.12. The van der Waals surface area contributed by atoms with Crippen molar-refractivity contribution >= 4 is 5.91 Å². The minimum Gasteiger partial charge on any atom is -0.352 e. The molecule has 2 N–H and O–H groups in total. The maximum absolute atomic E-state index is 12.2. The van der Waals surface area contributed by atoms with E-state index in [0.29, 0.717) is 30.9 Å². The number of aromatic nitrogens is 4. The number of aromatic amines is 1. The van der Waals surface area contributed by atoms with E-state index < -0.39 is 11.5 Å². The molecular weight excluding hydrogens is 346 g/mol. The molecular formula is C19H19N5O3. The van der Waals surface area contributed by atoms with E-state index in [0.717, 1.165) is 5.69 Å². The van der Waals surface area contributed by atoms with Gasteiger partial charge >= 0.3 is 0 Å². The van der Waals surface area contributed by atoms with Crippen molar-refractivity contribution in [3.8, 4) is 11.4 Å². The normalized spacial score (nSPS) is 10.6. The summed E-state index contributed by atoms with van der Waals surface area (Å²) in [5.74, 6) is -0.151. The number of hydrogen-bond donors (Lipinski definition) is 2. The number of carbonyl (C=O) groups is 1. The molecule has 0 atom stereocenters. The Balaban J connectivity index is 1.60. The van der Waals surface area contributed by atoms with Gasteiger partial charge in [0, 0.05) is 49.0 Å². The van der Waals surface area contributed by atoms with Gasteiger partial charge in [0.05, 0.1) is 0 Å². The third-order valence-corrected chi connectivity index (χ3v) is 4.09. The lowest BCUT2D eigenvalue weighted by Crippen LogP contribution is -2.32. The molecule has 0 spiro atoms. The zero-order chi connectivity index (χ0) is 19.2. The molecule has 0 fully saturated rings. The van der Waals surface area contributed by atoms with Crippen molar-refractivity contribution in [2.75, 3.05) is 6.54 Å². The van der Waals surface area contributed by atoms with Gasteiger partial charge in [-0.2, -0.15) is 0 Å². The molecule has 3 rings (SSSR count). The first-order valence-electron chi connectivity index (χ1n) is 8.50. The standard InChI is InChI=1S/C19H19N5O3/c1-13-5-2-7-16(25)24(13)10-4-9-21-18(26)15-12-22-17(23-19(15)27)14-6-3-8-20-11-14/h2-3,5-8,11-12H,4,9-10H2,1H3,(H,21,26)(H,22,23,27). The van der Waals surface area contributed by atoms with Gasteiger partial charge < -0.3 is 14.9 Å². The van der Waals surface area contributed by atoms with E-state index in [2.05, 4.69) is 20.3 Å². The fraction of sp³-hybridized carbons (Fsp3) is 0.211. The largest absolute Gasteiger partial charge is 0.352 e. The topological polar surface area (TPSA) is 110 Å². The fourth-order valence-corrected chi connectivity index (χ4v) is 2.65. The maximum atomic E-state index is 12.2.